The van der Waals surface area contributed by atoms with E-state index in [4.69, 9.17) is 0 Å². The monoisotopic (exact) mass is 962 g/mol. The third kappa shape index (κ3) is 5.94. The lowest BCUT2D eigenvalue weighted by atomic mass is 9.43. The molecule has 0 spiro atoms. The number of benzene rings is 7. The second-order valence-corrected chi connectivity index (χ2v) is 29.2. The normalized spacial score (nSPS) is 18.5. The summed E-state index contributed by atoms with van der Waals surface area (Å²) in [7, 11) is 0. The summed E-state index contributed by atoms with van der Waals surface area (Å²) in [5.74, 6) is 0. The molecule has 0 saturated heterocycles. The molecular formula is C66H67BN2S2. The highest BCUT2D eigenvalue weighted by Gasteiger charge is 2.47. The molecule has 0 fully saturated rings. The van der Waals surface area contributed by atoms with Crippen LogP contribution in [0.1, 0.15) is 156 Å². The molecule has 71 heavy (non-hydrogen) atoms. The van der Waals surface area contributed by atoms with Gasteiger partial charge in [0.1, 0.15) is 0 Å². The van der Waals surface area contributed by atoms with Gasteiger partial charge in [-0.25, -0.2) is 0 Å². The van der Waals surface area contributed by atoms with E-state index in [2.05, 4.69) is 209 Å². The third-order valence-electron chi connectivity index (χ3n) is 18.6. The Hall–Kier alpha value is -5.36. The van der Waals surface area contributed by atoms with Gasteiger partial charge in [0.15, 0.2) is 0 Å². The smallest absolute Gasteiger partial charge is 0.333 e. The van der Waals surface area contributed by atoms with Crippen molar-refractivity contribution in [1.82, 2.24) is 4.57 Å². The molecule has 2 aliphatic heterocycles. The van der Waals surface area contributed by atoms with Crippen molar-refractivity contribution in [2.24, 2.45) is 0 Å². The van der Waals surface area contributed by atoms with Crippen molar-refractivity contribution < 1.29 is 0 Å². The molecule has 3 aromatic heterocycles. The maximum absolute atomic E-state index is 2.79. The van der Waals surface area contributed by atoms with Crippen LogP contribution in [0.25, 0.3) is 79.0 Å². The van der Waals surface area contributed by atoms with Gasteiger partial charge in [0.25, 0.3) is 0 Å². The number of nitrogens with zero attached hydrogens (tertiary/aromatic N) is 2. The van der Waals surface area contributed by atoms with Crippen LogP contribution < -0.4 is 15.7 Å². The van der Waals surface area contributed by atoms with E-state index in [1.807, 2.05) is 22.7 Å². The van der Waals surface area contributed by atoms with Crippen LogP contribution in [0, 0.1) is 0 Å². The molecule has 5 heterocycles. The lowest BCUT2D eigenvalue weighted by Gasteiger charge is -2.43. The molecule has 0 unspecified atom stereocenters. The Kier molecular flexibility index (Phi) is 8.63. The molecular weight excluding hydrogens is 896 g/mol. The quantitative estimate of drug-likeness (QED) is 0.149. The first kappa shape index (κ1) is 44.4. The summed E-state index contributed by atoms with van der Waals surface area (Å²) in [5.41, 5.74) is 21.5. The molecule has 4 aliphatic rings. The molecule has 0 saturated carbocycles. The first-order chi connectivity index (χ1) is 33.4. The number of hydrogen-bond donors (Lipinski definition) is 0. The molecule has 14 rings (SSSR count). The number of rotatable bonds is 1. The Labute approximate surface area is 429 Å². The number of fused-ring (bicyclic) bond motifs is 18. The predicted octanol–water partition coefficient (Wildman–Crippen LogP) is 18.1. The van der Waals surface area contributed by atoms with Crippen molar-refractivity contribution in [1.29, 1.82) is 0 Å². The minimum atomic E-state index is -0.0680. The number of anilines is 2. The molecule has 356 valence electrons. The van der Waals surface area contributed by atoms with Crippen LogP contribution in [0.2, 0.25) is 0 Å². The van der Waals surface area contributed by atoms with E-state index in [0.717, 1.165) is 0 Å². The highest BCUT2D eigenvalue weighted by atomic mass is 32.1. The lowest BCUT2D eigenvalue weighted by molar-refractivity contribution is 0.332. The maximum atomic E-state index is 2.79. The fraction of sp³-hybridized carbons (Fsp3) is 0.364. The number of hydrogen-bond acceptors (Lipinski definition) is 3. The molecule has 0 amide bonds. The van der Waals surface area contributed by atoms with Crippen LogP contribution in [0.5, 0.6) is 0 Å². The average molecular weight is 963 g/mol. The second-order valence-electron chi connectivity index (χ2n) is 27.1. The summed E-state index contributed by atoms with van der Waals surface area (Å²) < 4.78 is 8.33. The van der Waals surface area contributed by atoms with Crippen molar-refractivity contribution in [3.05, 3.63) is 137 Å². The first-order valence-electron chi connectivity index (χ1n) is 26.5. The Morgan fingerprint density at radius 2 is 1.06 bits per heavy atom. The molecule has 0 bridgehead atoms. The van der Waals surface area contributed by atoms with E-state index in [9.17, 15) is 0 Å². The molecule has 0 radical (unpaired) electrons. The highest BCUT2D eigenvalue weighted by Crippen LogP contribution is 2.57. The minimum absolute atomic E-state index is 0.0364. The van der Waals surface area contributed by atoms with Crippen LogP contribution in [0.3, 0.4) is 0 Å². The van der Waals surface area contributed by atoms with Crippen molar-refractivity contribution >= 4 is 114 Å². The summed E-state index contributed by atoms with van der Waals surface area (Å²) in [6, 6.07) is 42.4. The SMILES string of the molecule is CC(C)(C)c1ccc(N2B3c4cc(C(C)(C)C)ccc4-n4c5cc6c(cc5c5c7c(sc8ccccc87)c(c3c54)-c3cc4sc5cc7c(cc5c4cc32)C(C)(C)CCC7(C)C)C(C)(C)CCC6(C)C)cc1. The Morgan fingerprint density at radius 1 is 0.493 bits per heavy atom. The summed E-state index contributed by atoms with van der Waals surface area (Å²) >= 11 is 4.03. The number of thiophene rings is 2. The van der Waals surface area contributed by atoms with Crippen LogP contribution in [-0.2, 0) is 32.5 Å². The second kappa shape index (κ2) is 13.8. The van der Waals surface area contributed by atoms with Gasteiger partial charge in [-0.1, -0.05) is 139 Å². The Balaban J connectivity index is 1.20. The lowest BCUT2D eigenvalue weighted by Crippen LogP contribution is -2.60. The van der Waals surface area contributed by atoms with Crippen molar-refractivity contribution in [3.8, 4) is 16.8 Å². The van der Waals surface area contributed by atoms with Gasteiger partial charge >= 0.3 is 6.85 Å². The molecule has 5 heteroatoms. The Bertz CT molecular complexity index is 4020. The van der Waals surface area contributed by atoms with E-state index in [1.54, 1.807) is 0 Å². The first-order valence-corrected chi connectivity index (χ1v) is 28.2. The van der Waals surface area contributed by atoms with Crippen molar-refractivity contribution in [2.45, 2.75) is 155 Å². The van der Waals surface area contributed by atoms with Crippen molar-refractivity contribution in [3.63, 3.8) is 0 Å². The van der Waals surface area contributed by atoms with E-state index in [0.29, 0.717) is 0 Å². The largest absolute Gasteiger partial charge is 0.376 e. The van der Waals surface area contributed by atoms with Gasteiger partial charge in [-0.2, -0.15) is 0 Å². The summed E-state index contributed by atoms with van der Waals surface area (Å²) in [6.45, 7) is 34.0. The fourth-order valence-electron chi connectivity index (χ4n) is 14.0. The third-order valence-corrected chi connectivity index (χ3v) is 20.9. The molecule has 7 aromatic carbocycles. The van der Waals surface area contributed by atoms with E-state index in [1.165, 1.54) is 160 Å². The maximum Gasteiger partial charge on any atom is 0.333 e. The zero-order valence-corrected chi connectivity index (χ0v) is 46.1. The van der Waals surface area contributed by atoms with Crippen LogP contribution in [-0.4, -0.2) is 11.4 Å². The van der Waals surface area contributed by atoms with Crippen molar-refractivity contribution in [2.75, 3.05) is 4.81 Å². The van der Waals surface area contributed by atoms with Gasteiger partial charge in [-0.3, -0.25) is 0 Å². The Morgan fingerprint density at radius 3 is 1.70 bits per heavy atom. The van der Waals surface area contributed by atoms with Gasteiger partial charge in [-0.05, 0) is 163 Å². The number of aromatic nitrogens is 1. The molecule has 0 N–H and O–H groups in total. The topological polar surface area (TPSA) is 8.17 Å². The van der Waals surface area contributed by atoms with Crippen LogP contribution >= 0.6 is 22.7 Å². The minimum Gasteiger partial charge on any atom is -0.376 e. The van der Waals surface area contributed by atoms with E-state index >= 15 is 0 Å². The summed E-state index contributed by atoms with van der Waals surface area (Å²) in [5, 5.41) is 8.40. The van der Waals surface area contributed by atoms with Gasteiger partial charge in [-0.15, -0.1) is 22.7 Å². The molecule has 10 aromatic rings. The van der Waals surface area contributed by atoms with E-state index in [-0.39, 0.29) is 39.3 Å². The molecule has 2 nitrogen and oxygen atoms in total. The molecule has 2 aliphatic carbocycles. The standard InChI is InChI=1S/C66H67BN2S2/c1-61(2,3)36-19-22-38(23-20-36)69-51-32-41-40-30-44-47(66(13,14)28-26-63(44,7)8)35-54(40)70-53(41)33-43(51)57-58-59-55(56-39-17-15-16-18-52(39)71-60(56)57)42-31-45-46(65(11,12)27-25-64(45,9)10)34-50(42)68(59)49-24-21-37(62(4,5)6)29-48(49)67(58)69/h15-24,29-35H,25-28H2,1-14H3. The van der Waals surface area contributed by atoms with Gasteiger partial charge < -0.3 is 9.38 Å². The fourth-order valence-corrected chi connectivity index (χ4v) is 16.5. The average Bonchev–Trinajstić information content (AvgIpc) is 3.98. The molecule has 0 atom stereocenters. The van der Waals surface area contributed by atoms with Crippen LogP contribution in [0.15, 0.2) is 103 Å². The van der Waals surface area contributed by atoms with Crippen LogP contribution in [0.4, 0.5) is 11.4 Å². The highest BCUT2D eigenvalue weighted by molar-refractivity contribution is 7.27. The summed E-state index contributed by atoms with van der Waals surface area (Å²) in [6.07, 6.45) is 4.79. The van der Waals surface area contributed by atoms with Gasteiger partial charge in [0.2, 0.25) is 0 Å². The zero-order chi connectivity index (χ0) is 49.4. The zero-order valence-electron chi connectivity index (χ0n) is 44.4. The van der Waals surface area contributed by atoms with Gasteiger partial charge in [0.05, 0.1) is 11.0 Å². The summed E-state index contributed by atoms with van der Waals surface area (Å²) in [4.78, 5) is 2.79. The van der Waals surface area contributed by atoms with Gasteiger partial charge in [0, 0.05) is 79.3 Å². The van der Waals surface area contributed by atoms with E-state index < -0.39 is 0 Å². The predicted molar refractivity (Wildman–Crippen MR) is 314 cm³/mol.